The summed E-state index contributed by atoms with van der Waals surface area (Å²) in [4.78, 5) is 8.55. The van der Waals surface area contributed by atoms with E-state index in [1.54, 1.807) is 24.2 Å². The monoisotopic (exact) mass is 235 g/mol. The van der Waals surface area contributed by atoms with Crippen LogP contribution in [0.4, 0.5) is 0 Å². The van der Waals surface area contributed by atoms with Gasteiger partial charge >= 0.3 is 0 Å². The lowest BCUT2D eigenvalue weighted by Crippen LogP contribution is -2.23. The lowest BCUT2D eigenvalue weighted by Gasteiger charge is -2.14. The SMILES string of the molecule is C#CCSCCNC(C)c1nccnc1C. The first kappa shape index (κ1) is 13.0. The molecule has 1 aromatic heterocycles. The van der Waals surface area contributed by atoms with Gasteiger partial charge in [0.1, 0.15) is 0 Å². The number of rotatable bonds is 6. The quantitative estimate of drug-likeness (QED) is 0.603. The Morgan fingerprint density at radius 3 is 2.94 bits per heavy atom. The molecule has 1 N–H and O–H groups in total. The van der Waals surface area contributed by atoms with Crippen LogP contribution in [0.25, 0.3) is 0 Å². The van der Waals surface area contributed by atoms with Crippen LogP contribution < -0.4 is 5.32 Å². The molecule has 0 aliphatic rings. The van der Waals surface area contributed by atoms with Crippen molar-refractivity contribution in [3.63, 3.8) is 0 Å². The van der Waals surface area contributed by atoms with Crippen molar-refractivity contribution in [1.82, 2.24) is 15.3 Å². The zero-order valence-electron chi connectivity index (χ0n) is 9.73. The standard InChI is InChI=1S/C12H17N3S/c1-4-8-16-9-7-14-11(3)12-10(2)13-5-6-15-12/h1,5-6,11,14H,7-9H2,2-3H3. The summed E-state index contributed by atoms with van der Waals surface area (Å²) in [6.07, 6.45) is 8.62. The Morgan fingerprint density at radius 2 is 2.25 bits per heavy atom. The molecule has 0 aliphatic heterocycles. The van der Waals surface area contributed by atoms with Gasteiger partial charge in [0.05, 0.1) is 17.1 Å². The van der Waals surface area contributed by atoms with Crippen LogP contribution in [-0.4, -0.2) is 28.0 Å². The largest absolute Gasteiger partial charge is 0.308 e. The van der Waals surface area contributed by atoms with Crippen LogP contribution in [0.1, 0.15) is 24.4 Å². The summed E-state index contributed by atoms with van der Waals surface area (Å²) in [5, 5.41) is 3.41. The molecular weight excluding hydrogens is 218 g/mol. The predicted octanol–water partition coefficient (Wildman–Crippen LogP) is 1.80. The topological polar surface area (TPSA) is 37.8 Å². The van der Waals surface area contributed by atoms with E-state index in [2.05, 4.69) is 28.1 Å². The van der Waals surface area contributed by atoms with E-state index >= 15 is 0 Å². The average Bonchev–Trinajstić information content (AvgIpc) is 2.29. The Bertz CT molecular complexity index is 360. The van der Waals surface area contributed by atoms with Gasteiger partial charge in [0.15, 0.2) is 0 Å². The molecule has 0 saturated heterocycles. The van der Waals surface area contributed by atoms with E-state index in [1.807, 2.05) is 6.92 Å². The van der Waals surface area contributed by atoms with Crippen molar-refractivity contribution in [3.05, 3.63) is 23.8 Å². The minimum Gasteiger partial charge on any atom is -0.308 e. The van der Waals surface area contributed by atoms with Gasteiger partial charge < -0.3 is 5.32 Å². The summed E-state index contributed by atoms with van der Waals surface area (Å²) < 4.78 is 0. The minimum atomic E-state index is 0.236. The van der Waals surface area contributed by atoms with Gasteiger partial charge in [0, 0.05) is 30.7 Å². The fourth-order valence-corrected chi connectivity index (χ4v) is 1.94. The zero-order chi connectivity index (χ0) is 11.8. The molecule has 0 radical (unpaired) electrons. The van der Waals surface area contributed by atoms with Gasteiger partial charge in [-0.05, 0) is 13.8 Å². The molecule has 86 valence electrons. The third kappa shape index (κ3) is 4.21. The molecular formula is C12H17N3S. The highest BCUT2D eigenvalue weighted by molar-refractivity contribution is 7.99. The van der Waals surface area contributed by atoms with E-state index in [-0.39, 0.29) is 6.04 Å². The van der Waals surface area contributed by atoms with Gasteiger partial charge in [-0.15, -0.1) is 18.2 Å². The lowest BCUT2D eigenvalue weighted by molar-refractivity contribution is 0.579. The Labute approximate surface area is 101 Å². The molecule has 0 aliphatic carbocycles. The molecule has 1 atom stereocenters. The number of aryl methyl sites for hydroxylation is 1. The zero-order valence-corrected chi connectivity index (χ0v) is 10.5. The third-order valence-corrected chi connectivity index (χ3v) is 3.08. The maximum absolute atomic E-state index is 5.17. The highest BCUT2D eigenvalue weighted by Gasteiger charge is 2.08. The van der Waals surface area contributed by atoms with Crippen LogP contribution in [0.3, 0.4) is 0 Å². The molecule has 0 fully saturated rings. The van der Waals surface area contributed by atoms with Crippen molar-refractivity contribution in [1.29, 1.82) is 0 Å². The van der Waals surface area contributed by atoms with E-state index < -0.39 is 0 Å². The molecule has 1 aromatic rings. The Morgan fingerprint density at radius 1 is 1.50 bits per heavy atom. The minimum absolute atomic E-state index is 0.236. The second kappa shape index (κ2) is 7.26. The van der Waals surface area contributed by atoms with Crippen molar-refractivity contribution >= 4 is 11.8 Å². The summed E-state index contributed by atoms with van der Waals surface area (Å²) >= 11 is 1.76. The molecule has 1 heterocycles. The van der Waals surface area contributed by atoms with Crippen molar-refractivity contribution in [2.24, 2.45) is 0 Å². The lowest BCUT2D eigenvalue weighted by atomic mass is 10.2. The van der Waals surface area contributed by atoms with Gasteiger partial charge in [0.25, 0.3) is 0 Å². The molecule has 1 rings (SSSR count). The fraction of sp³-hybridized carbons (Fsp3) is 0.500. The van der Waals surface area contributed by atoms with Crippen LogP contribution in [0.15, 0.2) is 12.4 Å². The maximum atomic E-state index is 5.17. The van der Waals surface area contributed by atoms with Gasteiger partial charge in [-0.25, -0.2) is 0 Å². The number of terminal acetylenes is 1. The third-order valence-electron chi connectivity index (χ3n) is 2.21. The van der Waals surface area contributed by atoms with E-state index in [0.29, 0.717) is 0 Å². The summed E-state index contributed by atoms with van der Waals surface area (Å²) in [6, 6.07) is 0.236. The summed E-state index contributed by atoms with van der Waals surface area (Å²) in [7, 11) is 0. The highest BCUT2D eigenvalue weighted by Crippen LogP contribution is 2.11. The van der Waals surface area contributed by atoms with Crippen molar-refractivity contribution in [2.75, 3.05) is 18.1 Å². The van der Waals surface area contributed by atoms with E-state index in [9.17, 15) is 0 Å². The van der Waals surface area contributed by atoms with Gasteiger partial charge in [-0.3, -0.25) is 9.97 Å². The molecule has 0 amide bonds. The second-order valence-corrected chi connectivity index (χ2v) is 4.56. The number of thioether (sulfide) groups is 1. The van der Waals surface area contributed by atoms with Gasteiger partial charge in [0.2, 0.25) is 0 Å². The molecule has 0 aromatic carbocycles. The number of hydrogen-bond acceptors (Lipinski definition) is 4. The van der Waals surface area contributed by atoms with Crippen LogP contribution in [-0.2, 0) is 0 Å². The van der Waals surface area contributed by atoms with Crippen molar-refractivity contribution in [2.45, 2.75) is 19.9 Å². The molecule has 0 spiro atoms. The van der Waals surface area contributed by atoms with E-state index in [0.717, 1.165) is 29.4 Å². The van der Waals surface area contributed by atoms with Crippen molar-refractivity contribution in [3.8, 4) is 12.3 Å². The molecule has 1 unspecified atom stereocenters. The first-order valence-electron chi connectivity index (χ1n) is 5.27. The summed E-state index contributed by atoms with van der Waals surface area (Å²) in [5.74, 6) is 4.41. The number of hydrogen-bond donors (Lipinski definition) is 1. The Hall–Kier alpha value is -1.05. The average molecular weight is 235 g/mol. The molecule has 0 bridgehead atoms. The normalized spacial score (nSPS) is 12.1. The molecule has 3 nitrogen and oxygen atoms in total. The fourth-order valence-electron chi connectivity index (χ4n) is 1.42. The first-order chi connectivity index (χ1) is 7.75. The van der Waals surface area contributed by atoms with Gasteiger partial charge in [-0.1, -0.05) is 5.92 Å². The second-order valence-electron chi connectivity index (χ2n) is 3.46. The predicted molar refractivity (Wildman–Crippen MR) is 69.3 cm³/mol. The van der Waals surface area contributed by atoms with Gasteiger partial charge in [-0.2, -0.15) is 0 Å². The molecule has 16 heavy (non-hydrogen) atoms. The van der Waals surface area contributed by atoms with Crippen LogP contribution in [0.2, 0.25) is 0 Å². The van der Waals surface area contributed by atoms with Crippen LogP contribution in [0.5, 0.6) is 0 Å². The first-order valence-corrected chi connectivity index (χ1v) is 6.43. The summed E-state index contributed by atoms with van der Waals surface area (Å²) in [6.45, 7) is 5.01. The number of aromatic nitrogens is 2. The molecule has 4 heteroatoms. The smallest absolute Gasteiger partial charge is 0.0782 e. The van der Waals surface area contributed by atoms with E-state index in [4.69, 9.17) is 6.42 Å². The van der Waals surface area contributed by atoms with Crippen molar-refractivity contribution < 1.29 is 0 Å². The molecule has 0 saturated carbocycles. The number of nitrogens with zero attached hydrogens (tertiary/aromatic N) is 2. The summed E-state index contributed by atoms with van der Waals surface area (Å²) in [5.41, 5.74) is 2.00. The Balaban J connectivity index is 2.33. The Kier molecular flexibility index (Phi) is 5.91. The van der Waals surface area contributed by atoms with E-state index in [1.165, 1.54) is 0 Å². The number of nitrogens with one attached hydrogen (secondary N) is 1. The van der Waals surface area contributed by atoms with Crippen LogP contribution in [0, 0.1) is 19.3 Å². The van der Waals surface area contributed by atoms with Crippen LogP contribution >= 0.6 is 11.8 Å². The highest BCUT2D eigenvalue weighted by atomic mass is 32.2. The maximum Gasteiger partial charge on any atom is 0.0782 e.